The maximum absolute atomic E-state index is 6.08. The van der Waals surface area contributed by atoms with Crippen LogP contribution in [0.4, 0.5) is 5.69 Å². The fraction of sp³-hybridized carbons (Fsp3) is 0.150. The summed E-state index contributed by atoms with van der Waals surface area (Å²) in [5.74, 6) is 0. The van der Waals surface area contributed by atoms with Gasteiger partial charge in [-0.05, 0) is 66.3 Å². The predicted octanol–water partition coefficient (Wildman–Crippen LogP) is 5.60. The van der Waals surface area contributed by atoms with Crippen LogP contribution in [0.2, 0.25) is 10.0 Å². The lowest BCUT2D eigenvalue weighted by atomic mass is 10.0. The van der Waals surface area contributed by atoms with Gasteiger partial charge in [0.25, 0.3) is 0 Å². The molecule has 6 heteroatoms. The van der Waals surface area contributed by atoms with Crippen LogP contribution in [0, 0.1) is 0 Å². The molecule has 3 nitrogen and oxygen atoms in total. The molecule has 1 aliphatic heterocycles. The molecule has 1 atom stereocenters. The first kappa shape index (κ1) is 17.4. The Morgan fingerprint density at radius 2 is 1.58 bits per heavy atom. The fourth-order valence-corrected chi connectivity index (χ4v) is 3.89. The van der Waals surface area contributed by atoms with Crippen LogP contribution in [0.1, 0.15) is 17.3 Å². The number of anilines is 1. The molecule has 2 heterocycles. The van der Waals surface area contributed by atoms with Gasteiger partial charge in [0.2, 0.25) is 0 Å². The molecular weight excluding hydrogens is 385 g/mol. The highest BCUT2D eigenvalue weighted by atomic mass is 35.5. The first-order valence-corrected chi connectivity index (χ1v) is 9.52. The van der Waals surface area contributed by atoms with Gasteiger partial charge in [0.15, 0.2) is 5.11 Å². The third kappa shape index (κ3) is 3.45. The van der Waals surface area contributed by atoms with Crippen molar-refractivity contribution in [1.82, 2.24) is 9.47 Å². The van der Waals surface area contributed by atoms with Crippen molar-refractivity contribution >= 4 is 46.2 Å². The summed E-state index contributed by atoms with van der Waals surface area (Å²) in [6, 6.07) is 19.8. The maximum Gasteiger partial charge on any atom is 0.174 e. The van der Waals surface area contributed by atoms with Gasteiger partial charge < -0.3 is 14.8 Å². The molecule has 3 aromatic rings. The normalized spacial score (nSPS) is 16.2. The smallest absolute Gasteiger partial charge is 0.174 e. The summed E-state index contributed by atoms with van der Waals surface area (Å²) >= 11 is 17.8. The van der Waals surface area contributed by atoms with Crippen LogP contribution in [0.5, 0.6) is 0 Å². The lowest BCUT2D eigenvalue weighted by Gasteiger charge is -2.39. The van der Waals surface area contributed by atoms with E-state index in [9.17, 15) is 0 Å². The Bertz CT molecular complexity index is 919. The predicted molar refractivity (Wildman–Crippen MR) is 112 cm³/mol. The monoisotopic (exact) mass is 401 g/mol. The summed E-state index contributed by atoms with van der Waals surface area (Å²) in [5, 5.41) is 5.47. The second-order valence-corrected chi connectivity index (χ2v) is 7.47. The number of halogens is 2. The van der Waals surface area contributed by atoms with E-state index in [0.29, 0.717) is 10.1 Å². The van der Waals surface area contributed by atoms with E-state index in [0.717, 1.165) is 29.4 Å². The molecule has 1 unspecified atom stereocenters. The minimum absolute atomic E-state index is 0.0447. The summed E-state index contributed by atoms with van der Waals surface area (Å²) in [6.07, 6.45) is 2.12. The standard InChI is InChI=1S/C20H17Cl2N3S/c21-15-5-3-14(4-6-15)19-18-2-1-11-24(18)12-13-25(19)20(26)23-17-9-7-16(22)8-10-17/h1-11,19H,12-13H2,(H,23,26). The molecule has 2 aromatic carbocycles. The number of benzene rings is 2. The van der Waals surface area contributed by atoms with Crippen molar-refractivity contribution in [3.05, 3.63) is 88.2 Å². The van der Waals surface area contributed by atoms with Crippen LogP contribution in [0.3, 0.4) is 0 Å². The highest BCUT2D eigenvalue weighted by Gasteiger charge is 2.30. The average Bonchev–Trinajstić information content (AvgIpc) is 3.12. The van der Waals surface area contributed by atoms with Crippen molar-refractivity contribution in [2.24, 2.45) is 0 Å². The number of fused-ring (bicyclic) bond motifs is 1. The van der Waals surface area contributed by atoms with Crippen molar-refractivity contribution in [3.8, 4) is 0 Å². The van der Waals surface area contributed by atoms with Gasteiger partial charge in [0.05, 0.1) is 6.04 Å². The Balaban J connectivity index is 1.66. The first-order valence-electron chi connectivity index (χ1n) is 8.35. The van der Waals surface area contributed by atoms with Gasteiger partial charge in [-0.3, -0.25) is 0 Å². The summed E-state index contributed by atoms with van der Waals surface area (Å²) in [6.45, 7) is 1.73. The van der Waals surface area contributed by atoms with E-state index in [1.54, 1.807) is 0 Å². The van der Waals surface area contributed by atoms with Crippen molar-refractivity contribution in [1.29, 1.82) is 0 Å². The zero-order chi connectivity index (χ0) is 18.1. The van der Waals surface area contributed by atoms with E-state index in [-0.39, 0.29) is 6.04 Å². The summed E-state index contributed by atoms with van der Waals surface area (Å²) < 4.78 is 2.28. The third-order valence-corrected chi connectivity index (χ3v) is 5.42. The molecule has 0 amide bonds. The minimum atomic E-state index is 0.0447. The van der Waals surface area contributed by atoms with Crippen molar-refractivity contribution < 1.29 is 0 Å². The lowest BCUT2D eigenvalue weighted by molar-refractivity contribution is 0.293. The van der Waals surface area contributed by atoms with E-state index in [2.05, 4.69) is 45.2 Å². The molecule has 0 saturated heterocycles. The molecule has 26 heavy (non-hydrogen) atoms. The van der Waals surface area contributed by atoms with E-state index in [4.69, 9.17) is 35.4 Å². The maximum atomic E-state index is 6.08. The third-order valence-electron chi connectivity index (χ3n) is 4.58. The average molecular weight is 402 g/mol. The van der Waals surface area contributed by atoms with Crippen LogP contribution in [-0.4, -0.2) is 21.1 Å². The van der Waals surface area contributed by atoms with Gasteiger partial charge in [0, 0.05) is 40.7 Å². The Labute approximate surface area is 168 Å². The number of rotatable bonds is 2. The molecule has 0 radical (unpaired) electrons. The number of nitrogens with one attached hydrogen (secondary N) is 1. The van der Waals surface area contributed by atoms with E-state index in [1.165, 1.54) is 5.69 Å². The molecule has 1 N–H and O–H groups in total. The second-order valence-electron chi connectivity index (χ2n) is 6.21. The van der Waals surface area contributed by atoms with Gasteiger partial charge in [-0.15, -0.1) is 0 Å². The Morgan fingerprint density at radius 3 is 2.27 bits per heavy atom. The summed E-state index contributed by atoms with van der Waals surface area (Å²) in [5.41, 5.74) is 3.31. The van der Waals surface area contributed by atoms with Crippen LogP contribution >= 0.6 is 35.4 Å². The van der Waals surface area contributed by atoms with Crippen LogP contribution < -0.4 is 5.32 Å². The van der Waals surface area contributed by atoms with Crippen molar-refractivity contribution in [2.75, 3.05) is 11.9 Å². The lowest BCUT2D eigenvalue weighted by Crippen LogP contribution is -2.44. The molecule has 0 spiro atoms. The van der Waals surface area contributed by atoms with E-state index >= 15 is 0 Å². The largest absolute Gasteiger partial charge is 0.348 e. The van der Waals surface area contributed by atoms with Crippen molar-refractivity contribution in [3.63, 3.8) is 0 Å². The number of hydrogen-bond acceptors (Lipinski definition) is 1. The molecule has 0 aliphatic carbocycles. The summed E-state index contributed by atoms with van der Waals surface area (Å²) in [4.78, 5) is 2.22. The van der Waals surface area contributed by atoms with Gasteiger partial charge in [-0.2, -0.15) is 0 Å². The molecule has 0 bridgehead atoms. The fourth-order valence-electron chi connectivity index (χ4n) is 3.33. The SMILES string of the molecule is S=C(Nc1ccc(Cl)cc1)N1CCn2cccc2C1c1ccc(Cl)cc1. The molecule has 1 aromatic heterocycles. The summed E-state index contributed by atoms with van der Waals surface area (Å²) in [7, 11) is 0. The molecule has 0 fully saturated rings. The van der Waals surface area contributed by atoms with Gasteiger partial charge >= 0.3 is 0 Å². The van der Waals surface area contributed by atoms with Crippen molar-refractivity contribution in [2.45, 2.75) is 12.6 Å². The number of hydrogen-bond donors (Lipinski definition) is 1. The first-order chi connectivity index (χ1) is 12.6. The van der Waals surface area contributed by atoms with Gasteiger partial charge in [-0.1, -0.05) is 35.3 Å². The molecule has 4 rings (SSSR count). The van der Waals surface area contributed by atoms with Crippen LogP contribution in [0.25, 0.3) is 0 Å². The molecule has 1 aliphatic rings. The zero-order valence-electron chi connectivity index (χ0n) is 13.9. The Kier molecular flexibility index (Phi) is 4.90. The Morgan fingerprint density at radius 1 is 0.923 bits per heavy atom. The molecule has 132 valence electrons. The van der Waals surface area contributed by atoms with Gasteiger partial charge in [-0.25, -0.2) is 0 Å². The van der Waals surface area contributed by atoms with Crippen LogP contribution in [0.15, 0.2) is 66.9 Å². The highest BCUT2D eigenvalue weighted by molar-refractivity contribution is 7.80. The van der Waals surface area contributed by atoms with Gasteiger partial charge in [0.1, 0.15) is 0 Å². The number of thiocarbonyl (C=S) groups is 1. The second kappa shape index (κ2) is 7.31. The topological polar surface area (TPSA) is 20.2 Å². The van der Waals surface area contributed by atoms with E-state index in [1.807, 2.05) is 36.4 Å². The number of aromatic nitrogens is 1. The molecular formula is C20H17Cl2N3S. The van der Waals surface area contributed by atoms with E-state index < -0.39 is 0 Å². The quantitative estimate of drug-likeness (QED) is 0.564. The highest BCUT2D eigenvalue weighted by Crippen LogP contribution is 2.33. The minimum Gasteiger partial charge on any atom is -0.348 e. The number of nitrogens with zero attached hydrogens (tertiary/aromatic N) is 2. The molecule has 0 saturated carbocycles. The Hall–Kier alpha value is -2.01. The zero-order valence-corrected chi connectivity index (χ0v) is 16.2. The van der Waals surface area contributed by atoms with Crippen LogP contribution in [-0.2, 0) is 6.54 Å².